The largest absolute Gasteiger partial charge is 0.465 e. The summed E-state index contributed by atoms with van der Waals surface area (Å²) in [4.78, 5) is 37.2. The number of benzene rings is 1. The summed E-state index contributed by atoms with van der Waals surface area (Å²) in [6.45, 7) is 0. The van der Waals surface area contributed by atoms with Crippen molar-refractivity contribution in [1.29, 1.82) is 0 Å². The number of fused-ring (bicyclic) bond motifs is 5. The van der Waals surface area contributed by atoms with E-state index in [1.807, 2.05) is 12.2 Å². The number of hydrogen-bond acceptors (Lipinski definition) is 6. The van der Waals surface area contributed by atoms with Gasteiger partial charge in [0.25, 0.3) is 11.8 Å². The van der Waals surface area contributed by atoms with E-state index < -0.39 is 5.97 Å². The van der Waals surface area contributed by atoms with Crippen molar-refractivity contribution < 1.29 is 23.5 Å². The van der Waals surface area contributed by atoms with Crippen LogP contribution in [0.5, 0.6) is 0 Å². The number of imide groups is 1. The van der Waals surface area contributed by atoms with Crippen molar-refractivity contribution in [2.75, 3.05) is 7.11 Å². The molecule has 1 saturated carbocycles. The minimum atomic E-state index is -0.546. The zero-order valence-corrected chi connectivity index (χ0v) is 16.7. The second-order valence-electron chi connectivity index (χ2n) is 7.62. The zero-order chi connectivity index (χ0) is 21.0. The first-order valence-electron chi connectivity index (χ1n) is 9.56. The van der Waals surface area contributed by atoms with Gasteiger partial charge in [0, 0.05) is 5.56 Å². The Kier molecular flexibility index (Phi) is 4.36. The van der Waals surface area contributed by atoms with Gasteiger partial charge in [-0.2, -0.15) is 10.1 Å². The quantitative estimate of drug-likeness (QED) is 0.324. The Balaban J connectivity index is 1.36. The molecule has 5 rings (SSSR count). The van der Waals surface area contributed by atoms with Crippen LogP contribution in [0.2, 0.25) is 5.02 Å². The van der Waals surface area contributed by atoms with Crippen molar-refractivity contribution >= 4 is 35.6 Å². The zero-order valence-electron chi connectivity index (χ0n) is 15.9. The smallest absolute Gasteiger partial charge is 0.339 e. The SMILES string of the molecule is COC(=O)c1cc(-c2ccc(/C=N\N3C(=O)[C@H]4[C@H](C3=O)[C@H]3C=C[C@H]4C3)o2)ccc1Cl. The van der Waals surface area contributed by atoms with Crippen LogP contribution in [0.1, 0.15) is 22.5 Å². The summed E-state index contributed by atoms with van der Waals surface area (Å²) in [6.07, 6.45) is 6.31. The highest BCUT2D eigenvalue weighted by Crippen LogP contribution is 2.52. The number of amides is 2. The van der Waals surface area contributed by atoms with Crippen LogP contribution >= 0.6 is 11.6 Å². The number of hydrogen-bond donors (Lipinski definition) is 0. The van der Waals surface area contributed by atoms with Gasteiger partial charge in [0.15, 0.2) is 0 Å². The molecule has 0 spiro atoms. The maximum Gasteiger partial charge on any atom is 0.339 e. The van der Waals surface area contributed by atoms with Crippen LogP contribution < -0.4 is 0 Å². The third-order valence-electron chi connectivity index (χ3n) is 6.03. The fraction of sp³-hybridized carbons (Fsp3) is 0.273. The maximum atomic E-state index is 12.7. The van der Waals surface area contributed by atoms with Gasteiger partial charge < -0.3 is 9.15 Å². The fourth-order valence-electron chi connectivity index (χ4n) is 4.64. The first-order valence-corrected chi connectivity index (χ1v) is 9.94. The molecule has 152 valence electrons. The number of halogens is 1. The van der Waals surface area contributed by atoms with Gasteiger partial charge >= 0.3 is 5.97 Å². The molecular weight excluding hydrogens is 408 g/mol. The number of rotatable bonds is 4. The molecule has 7 nitrogen and oxygen atoms in total. The van der Waals surface area contributed by atoms with Crippen molar-refractivity contribution in [3.8, 4) is 11.3 Å². The van der Waals surface area contributed by atoms with E-state index in [9.17, 15) is 14.4 Å². The van der Waals surface area contributed by atoms with Gasteiger partial charge in [0.2, 0.25) is 0 Å². The Labute approximate surface area is 176 Å². The molecule has 4 atom stereocenters. The molecule has 0 radical (unpaired) electrons. The molecule has 3 aliphatic rings. The third-order valence-corrected chi connectivity index (χ3v) is 6.36. The monoisotopic (exact) mass is 424 g/mol. The van der Waals surface area contributed by atoms with E-state index in [2.05, 4.69) is 5.10 Å². The van der Waals surface area contributed by atoms with Gasteiger partial charge in [-0.3, -0.25) is 9.59 Å². The molecule has 0 N–H and O–H groups in total. The average Bonchev–Trinajstić information content (AvgIpc) is 3.52. The van der Waals surface area contributed by atoms with Crippen LogP contribution in [0.25, 0.3) is 11.3 Å². The Morgan fingerprint density at radius 1 is 1.17 bits per heavy atom. The molecule has 2 aliphatic carbocycles. The molecule has 2 heterocycles. The lowest BCUT2D eigenvalue weighted by atomic mass is 9.85. The Hall–Kier alpha value is -3.19. The van der Waals surface area contributed by atoms with Crippen molar-refractivity contribution in [3.63, 3.8) is 0 Å². The van der Waals surface area contributed by atoms with Gasteiger partial charge in [0.05, 0.1) is 35.7 Å². The molecule has 1 aromatic heterocycles. The van der Waals surface area contributed by atoms with Gasteiger partial charge in [0.1, 0.15) is 11.5 Å². The summed E-state index contributed by atoms with van der Waals surface area (Å²) < 4.78 is 10.5. The normalized spacial score (nSPS) is 26.8. The van der Waals surface area contributed by atoms with Gasteiger partial charge in [-0.1, -0.05) is 23.8 Å². The molecule has 1 saturated heterocycles. The highest BCUT2D eigenvalue weighted by atomic mass is 35.5. The number of ether oxygens (including phenoxy) is 1. The van der Waals surface area contributed by atoms with Gasteiger partial charge in [-0.05, 0) is 48.6 Å². The fourth-order valence-corrected chi connectivity index (χ4v) is 4.83. The second-order valence-corrected chi connectivity index (χ2v) is 8.03. The van der Waals surface area contributed by atoms with Crippen LogP contribution in [0.15, 0.2) is 52.0 Å². The van der Waals surface area contributed by atoms with E-state index in [0.717, 1.165) is 11.4 Å². The lowest BCUT2D eigenvalue weighted by Gasteiger charge is -2.13. The number of hydrazone groups is 1. The number of allylic oxidation sites excluding steroid dienone is 2. The van der Waals surface area contributed by atoms with Gasteiger partial charge in [-0.25, -0.2) is 4.79 Å². The first kappa shape index (κ1) is 18.8. The van der Waals surface area contributed by atoms with Crippen molar-refractivity contribution in [1.82, 2.24) is 5.01 Å². The number of carbonyl (C=O) groups is 3. The number of methoxy groups -OCH3 is 1. The molecule has 0 unspecified atom stereocenters. The van der Waals surface area contributed by atoms with E-state index in [-0.39, 0.29) is 46.1 Å². The van der Waals surface area contributed by atoms with Crippen LogP contribution in [-0.4, -0.2) is 36.1 Å². The highest BCUT2D eigenvalue weighted by molar-refractivity contribution is 6.33. The van der Waals surface area contributed by atoms with E-state index >= 15 is 0 Å². The Morgan fingerprint density at radius 3 is 2.53 bits per heavy atom. The minimum absolute atomic E-state index is 0.140. The van der Waals surface area contributed by atoms with Crippen molar-refractivity contribution in [2.24, 2.45) is 28.8 Å². The molecule has 30 heavy (non-hydrogen) atoms. The van der Waals surface area contributed by atoms with Crippen molar-refractivity contribution in [2.45, 2.75) is 6.42 Å². The predicted molar refractivity (Wildman–Crippen MR) is 108 cm³/mol. The molecule has 2 amide bonds. The first-order chi connectivity index (χ1) is 14.5. The third kappa shape index (κ3) is 2.81. The number of nitrogens with zero attached hydrogens (tertiary/aromatic N) is 2. The average molecular weight is 425 g/mol. The predicted octanol–water partition coefficient (Wildman–Crippen LogP) is 3.53. The molecule has 8 heteroatoms. The van der Waals surface area contributed by atoms with Gasteiger partial charge in [-0.15, -0.1) is 0 Å². The molecule has 2 bridgehead atoms. The number of esters is 1. The summed E-state index contributed by atoms with van der Waals surface area (Å²) in [5, 5.41) is 5.36. The van der Waals surface area contributed by atoms with Crippen molar-refractivity contribution in [3.05, 3.63) is 58.8 Å². The number of carbonyl (C=O) groups excluding carboxylic acids is 3. The standard InChI is InChI=1S/C22H17ClN2O5/c1-29-22(28)15-9-11(4-6-16(15)23)17-7-5-14(30-17)10-24-25-20(26)18-12-2-3-13(8-12)19(18)21(25)27/h2-7,9-10,12-13,18-19H,8H2,1H3/b24-10-/t12-,13-,18+,19+/m0/s1. The maximum absolute atomic E-state index is 12.7. The van der Waals surface area contributed by atoms with Crippen LogP contribution in [0.4, 0.5) is 0 Å². The summed E-state index contributed by atoms with van der Waals surface area (Å²) in [5.74, 6) is -0.479. The minimum Gasteiger partial charge on any atom is -0.465 e. The summed E-state index contributed by atoms with van der Waals surface area (Å²) in [5.41, 5.74) is 0.858. The molecule has 2 aromatic rings. The molecule has 1 aliphatic heterocycles. The van der Waals surface area contributed by atoms with Crippen LogP contribution in [0.3, 0.4) is 0 Å². The van der Waals surface area contributed by atoms with E-state index in [1.54, 1.807) is 30.3 Å². The Morgan fingerprint density at radius 2 is 1.87 bits per heavy atom. The summed E-state index contributed by atoms with van der Waals surface area (Å²) in [6, 6.07) is 8.25. The van der Waals surface area contributed by atoms with Crippen LogP contribution in [-0.2, 0) is 14.3 Å². The van der Waals surface area contributed by atoms with E-state index in [1.165, 1.54) is 13.3 Å². The van der Waals surface area contributed by atoms with E-state index in [4.69, 9.17) is 20.8 Å². The molecule has 1 aromatic carbocycles. The lowest BCUT2D eigenvalue weighted by molar-refractivity contribution is -0.140. The summed E-state index contributed by atoms with van der Waals surface area (Å²) >= 11 is 6.05. The highest BCUT2D eigenvalue weighted by Gasteiger charge is 2.59. The molecule has 2 fully saturated rings. The topological polar surface area (TPSA) is 89.2 Å². The second kappa shape index (κ2) is 6.95. The Bertz CT molecular complexity index is 1100. The number of furan rings is 1. The van der Waals surface area contributed by atoms with E-state index in [0.29, 0.717) is 17.1 Å². The van der Waals surface area contributed by atoms with Crippen LogP contribution in [0, 0.1) is 23.7 Å². The lowest BCUT2D eigenvalue weighted by Crippen LogP contribution is -2.28. The summed E-state index contributed by atoms with van der Waals surface area (Å²) in [7, 11) is 1.28. The molecular formula is C22H17ClN2O5.